The van der Waals surface area contributed by atoms with Gasteiger partial charge in [0, 0.05) is 31.6 Å². The zero-order valence-corrected chi connectivity index (χ0v) is 21.2. The Morgan fingerprint density at radius 3 is 2.41 bits per heavy atom. The fourth-order valence-corrected chi connectivity index (χ4v) is 4.91. The minimum Gasteiger partial charge on any atom is -0.497 e. The molecule has 0 bridgehead atoms. The number of para-hydroxylation sites is 2. The lowest BCUT2D eigenvalue weighted by molar-refractivity contribution is -0.121. The monoisotopic (exact) mass is 496 g/mol. The van der Waals surface area contributed by atoms with Crippen LogP contribution in [-0.2, 0) is 24.3 Å². The molecule has 1 saturated heterocycles. The Balaban J connectivity index is 1.30. The zero-order valence-electron chi connectivity index (χ0n) is 21.2. The summed E-state index contributed by atoms with van der Waals surface area (Å²) >= 11 is 0. The third kappa shape index (κ3) is 5.73. The smallest absolute Gasteiger partial charge is 0.277 e. The Hall–Kier alpha value is -3.97. The molecule has 1 aliphatic heterocycles. The number of rotatable bonds is 9. The van der Waals surface area contributed by atoms with Crippen LogP contribution in [-0.4, -0.2) is 40.6 Å². The molecule has 1 aromatic heterocycles. The van der Waals surface area contributed by atoms with Crippen molar-refractivity contribution in [2.75, 3.05) is 20.2 Å². The van der Waals surface area contributed by atoms with Gasteiger partial charge in [0.25, 0.3) is 5.56 Å². The molecule has 190 valence electrons. The summed E-state index contributed by atoms with van der Waals surface area (Å²) in [6.07, 6.45) is 2.96. The van der Waals surface area contributed by atoms with Crippen LogP contribution in [0.1, 0.15) is 36.1 Å². The number of carbonyl (C=O) groups excluding carboxylic acids is 1. The summed E-state index contributed by atoms with van der Waals surface area (Å²) in [4.78, 5) is 33.3. The summed E-state index contributed by atoms with van der Waals surface area (Å²) in [6, 6.07) is 23.2. The minimum absolute atomic E-state index is 0.0960. The van der Waals surface area contributed by atoms with Gasteiger partial charge in [0.2, 0.25) is 5.91 Å². The Bertz CT molecular complexity index is 1440. The standard InChI is InChI=1S/C30H32N4O3/c1-37-25-14-12-24(13-15-25)34-28-11-5-4-10-26(28)32-27(30(34)36)16-17-29(35)31-20-22-8-2-3-9-23(22)21-33-18-6-7-19-33/h2-5,8-15H,6-7,16-21H2,1H3,(H,31,35). The van der Waals surface area contributed by atoms with Crippen LogP contribution in [0.5, 0.6) is 5.75 Å². The van der Waals surface area contributed by atoms with Gasteiger partial charge in [0.15, 0.2) is 0 Å². The quantitative estimate of drug-likeness (QED) is 0.375. The maximum Gasteiger partial charge on any atom is 0.277 e. The topological polar surface area (TPSA) is 76.5 Å². The van der Waals surface area contributed by atoms with E-state index in [4.69, 9.17) is 4.74 Å². The average Bonchev–Trinajstić information content (AvgIpc) is 3.45. The molecule has 0 atom stereocenters. The van der Waals surface area contributed by atoms with E-state index in [1.807, 2.05) is 54.6 Å². The van der Waals surface area contributed by atoms with E-state index in [0.717, 1.165) is 36.4 Å². The number of aryl methyl sites for hydroxylation is 1. The van der Waals surface area contributed by atoms with Crippen LogP contribution in [0.15, 0.2) is 77.6 Å². The number of carbonyl (C=O) groups is 1. The average molecular weight is 497 g/mol. The van der Waals surface area contributed by atoms with E-state index in [1.54, 1.807) is 11.7 Å². The van der Waals surface area contributed by atoms with E-state index in [1.165, 1.54) is 18.4 Å². The number of amides is 1. The number of nitrogens with one attached hydrogen (secondary N) is 1. The van der Waals surface area contributed by atoms with Crippen LogP contribution in [0.2, 0.25) is 0 Å². The van der Waals surface area contributed by atoms with Gasteiger partial charge in [-0.15, -0.1) is 0 Å². The van der Waals surface area contributed by atoms with E-state index in [-0.39, 0.29) is 24.3 Å². The SMILES string of the molecule is COc1ccc(-n2c(=O)c(CCC(=O)NCc3ccccc3CN3CCCC3)nc3ccccc32)cc1. The number of ether oxygens (including phenoxy) is 1. The lowest BCUT2D eigenvalue weighted by Crippen LogP contribution is -2.28. The first-order valence-corrected chi connectivity index (χ1v) is 12.8. The van der Waals surface area contributed by atoms with Crippen molar-refractivity contribution in [2.45, 2.75) is 38.8 Å². The molecule has 0 spiro atoms. The Morgan fingerprint density at radius 2 is 1.65 bits per heavy atom. The highest BCUT2D eigenvalue weighted by molar-refractivity contribution is 5.78. The molecule has 1 aliphatic rings. The van der Waals surface area contributed by atoms with Crippen molar-refractivity contribution in [1.29, 1.82) is 0 Å². The number of methoxy groups -OCH3 is 1. The van der Waals surface area contributed by atoms with E-state index in [0.29, 0.717) is 23.5 Å². The number of aromatic nitrogens is 2. The van der Waals surface area contributed by atoms with Crippen LogP contribution in [0.3, 0.4) is 0 Å². The van der Waals surface area contributed by atoms with Crippen molar-refractivity contribution in [2.24, 2.45) is 0 Å². The van der Waals surface area contributed by atoms with Crippen LogP contribution in [0, 0.1) is 0 Å². The first-order chi connectivity index (χ1) is 18.1. The predicted octanol–water partition coefficient (Wildman–Crippen LogP) is 4.24. The van der Waals surface area contributed by atoms with Crippen LogP contribution >= 0.6 is 0 Å². The lowest BCUT2D eigenvalue weighted by Gasteiger charge is -2.17. The van der Waals surface area contributed by atoms with Crippen molar-refractivity contribution in [3.05, 3.63) is 100.0 Å². The first-order valence-electron chi connectivity index (χ1n) is 12.8. The molecule has 2 heterocycles. The van der Waals surface area contributed by atoms with Crippen molar-refractivity contribution < 1.29 is 9.53 Å². The second kappa shape index (κ2) is 11.4. The molecule has 0 aliphatic carbocycles. The van der Waals surface area contributed by atoms with Gasteiger partial charge in [0.1, 0.15) is 11.4 Å². The highest BCUT2D eigenvalue weighted by atomic mass is 16.5. The normalized spacial score (nSPS) is 13.6. The molecule has 4 aromatic rings. The third-order valence-electron chi connectivity index (χ3n) is 6.93. The summed E-state index contributed by atoms with van der Waals surface area (Å²) in [7, 11) is 1.61. The summed E-state index contributed by atoms with van der Waals surface area (Å²) in [6.45, 7) is 3.66. The van der Waals surface area contributed by atoms with E-state index in [9.17, 15) is 9.59 Å². The summed E-state index contributed by atoms with van der Waals surface area (Å²) < 4.78 is 6.92. The van der Waals surface area contributed by atoms with E-state index in [2.05, 4.69) is 33.4 Å². The highest BCUT2D eigenvalue weighted by Gasteiger charge is 2.16. The summed E-state index contributed by atoms with van der Waals surface area (Å²) in [5, 5.41) is 3.04. The molecular formula is C30H32N4O3. The van der Waals surface area contributed by atoms with Crippen molar-refractivity contribution in [3.63, 3.8) is 0 Å². The molecule has 0 unspecified atom stereocenters. The number of hydrogen-bond acceptors (Lipinski definition) is 5. The number of hydrogen-bond donors (Lipinski definition) is 1. The fraction of sp³-hybridized carbons (Fsp3) is 0.300. The fourth-order valence-electron chi connectivity index (χ4n) is 4.91. The molecule has 5 rings (SSSR count). The molecule has 7 heteroatoms. The summed E-state index contributed by atoms with van der Waals surface area (Å²) in [5.41, 5.74) is 4.71. The van der Waals surface area contributed by atoms with Gasteiger partial charge in [-0.25, -0.2) is 4.98 Å². The van der Waals surface area contributed by atoms with Crippen molar-refractivity contribution >= 4 is 16.9 Å². The van der Waals surface area contributed by atoms with Crippen LogP contribution < -0.4 is 15.6 Å². The van der Waals surface area contributed by atoms with E-state index < -0.39 is 0 Å². The Morgan fingerprint density at radius 1 is 0.946 bits per heavy atom. The van der Waals surface area contributed by atoms with Gasteiger partial charge in [0.05, 0.1) is 18.1 Å². The number of likely N-dealkylation sites (tertiary alicyclic amines) is 1. The molecule has 3 aromatic carbocycles. The third-order valence-corrected chi connectivity index (χ3v) is 6.93. The van der Waals surface area contributed by atoms with Crippen LogP contribution in [0.25, 0.3) is 16.7 Å². The molecular weight excluding hydrogens is 464 g/mol. The van der Waals surface area contributed by atoms with Gasteiger partial charge in [-0.1, -0.05) is 36.4 Å². The molecule has 7 nitrogen and oxygen atoms in total. The van der Waals surface area contributed by atoms with Crippen LogP contribution in [0.4, 0.5) is 0 Å². The number of nitrogens with zero attached hydrogens (tertiary/aromatic N) is 3. The predicted molar refractivity (Wildman–Crippen MR) is 145 cm³/mol. The second-order valence-corrected chi connectivity index (χ2v) is 9.41. The summed E-state index contributed by atoms with van der Waals surface area (Å²) in [5.74, 6) is 0.621. The van der Waals surface area contributed by atoms with Gasteiger partial charge >= 0.3 is 0 Å². The minimum atomic E-state index is -0.215. The van der Waals surface area contributed by atoms with Crippen molar-refractivity contribution in [1.82, 2.24) is 19.8 Å². The Labute approximate surface area is 216 Å². The molecule has 1 amide bonds. The Kier molecular flexibility index (Phi) is 7.61. The second-order valence-electron chi connectivity index (χ2n) is 9.41. The molecule has 0 radical (unpaired) electrons. The van der Waals surface area contributed by atoms with Gasteiger partial charge < -0.3 is 10.1 Å². The first kappa shape index (κ1) is 24.7. The van der Waals surface area contributed by atoms with Gasteiger partial charge in [-0.3, -0.25) is 19.1 Å². The highest BCUT2D eigenvalue weighted by Crippen LogP contribution is 2.19. The maximum atomic E-state index is 13.5. The maximum absolute atomic E-state index is 13.5. The number of fused-ring (bicyclic) bond motifs is 1. The van der Waals surface area contributed by atoms with E-state index >= 15 is 0 Å². The molecule has 1 N–H and O–H groups in total. The molecule has 0 saturated carbocycles. The molecule has 37 heavy (non-hydrogen) atoms. The largest absolute Gasteiger partial charge is 0.497 e. The molecule has 1 fully saturated rings. The lowest BCUT2D eigenvalue weighted by atomic mass is 10.1. The zero-order chi connectivity index (χ0) is 25.6. The van der Waals surface area contributed by atoms with Gasteiger partial charge in [-0.2, -0.15) is 0 Å². The number of benzene rings is 3. The van der Waals surface area contributed by atoms with Crippen molar-refractivity contribution in [3.8, 4) is 11.4 Å². The van der Waals surface area contributed by atoms with Gasteiger partial charge in [-0.05, 0) is 73.5 Å².